The minimum Gasteiger partial charge on any atom is -0.207 e. The first-order valence-electron chi connectivity index (χ1n) is 10.9. The Morgan fingerprint density at radius 2 is 1.17 bits per heavy atom. The van der Waals surface area contributed by atoms with Crippen LogP contribution in [0.25, 0.3) is 22.3 Å². The quantitative estimate of drug-likeness (QED) is 0.350. The maximum atomic E-state index is 15.3. The van der Waals surface area contributed by atoms with E-state index in [2.05, 4.69) is 6.92 Å². The average molecular weight is 411 g/mol. The number of hydrogen-bond donors (Lipinski definition) is 0. The van der Waals surface area contributed by atoms with Gasteiger partial charge in [-0.2, -0.15) is 0 Å². The van der Waals surface area contributed by atoms with Gasteiger partial charge >= 0.3 is 0 Å². The van der Waals surface area contributed by atoms with Gasteiger partial charge in [0.1, 0.15) is 17.5 Å². The molecule has 30 heavy (non-hydrogen) atoms. The van der Waals surface area contributed by atoms with Gasteiger partial charge in [-0.1, -0.05) is 52.2 Å². The second kappa shape index (κ2) is 9.97. The van der Waals surface area contributed by atoms with Gasteiger partial charge in [-0.15, -0.1) is 0 Å². The molecule has 3 aromatic rings. The van der Waals surface area contributed by atoms with Gasteiger partial charge in [0.15, 0.2) is 0 Å². The summed E-state index contributed by atoms with van der Waals surface area (Å²) in [5, 5.41) is 0. The van der Waals surface area contributed by atoms with Gasteiger partial charge in [0.25, 0.3) is 0 Å². The molecule has 0 N–H and O–H groups in total. The van der Waals surface area contributed by atoms with Gasteiger partial charge in [0, 0.05) is 11.1 Å². The molecule has 3 rings (SSSR count). The van der Waals surface area contributed by atoms with Crippen molar-refractivity contribution in [2.24, 2.45) is 0 Å². The minimum absolute atomic E-state index is 0.350. The summed E-state index contributed by atoms with van der Waals surface area (Å²) in [4.78, 5) is 0. The second-order valence-electron chi connectivity index (χ2n) is 7.85. The van der Waals surface area contributed by atoms with Crippen molar-refractivity contribution in [3.8, 4) is 22.3 Å². The fourth-order valence-corrected chi connectivity index (χ4v) is 4.06. The van der Waals surface area contributed by atoms with E-state index >= 15 is 4.39 Å². The molecular weight excluding hydrogens is 381 g/mol. The van der Waals surface area contributed by atoms with E-state index in [1.54, 1.807) is 18.2 Å². The summed E-state index contributed by atoms with van der Waals surface area (Å²) >= 11 is 0. The zero-order chi connectivity index (χ0) is 21.7. The molecule has 3 aromatic carbocycles. The lowest BCUT2D eigenvalue weighted by molar-refractivity contribution is 0.622. The molecule has 0 aliphatic rings. The Bertz CT molecular complexity index is 1020. The van der Waals surface area contributed by atoms with Gasteiger partial charge < -0.3 is 0 Å². The summed E-state index contributed by atoms with van der Waals surface area (Å²) in [6.45, 7) is 6.16. The van der Waals surface area contributed by atoms with Crippen LogP contribution in [-0.2, 0) is 19.3 Å². The van der Waals surface area contributed by atoms with Crippen molar-refractivity contribution in [2.45, 2.75) is 59.3 Å². The fraction of sp³-hybridized carbons (Fsp3) is 0.333. The van der Waals surface area contributed by atoms with Crippen molar-refractivity contribution in [3.63, 3.8) is 0 Å². The van der Waals surface area contributed by atoms with Crippen LogP contribution in [-0.4, -0.2) is 0 Å². The zero-order valence-corrected chi connectivity index (χ0v) is 18.0. The van der Waals surface area contributed by atoms with E-state index in [1.165, 1.54) is 24.3 Å². The van der Waals surface area contributed by atoms with Crippen LogP contribution < -0.4 is 0 Å². The first-order chi connectivity index (χ1) is 14.5. The first-order valence-corrected chi connectivity index (χ1v) is 10.9. The fourth-order valence-electron chi connectivity index (χ4n) is 4.06. The second-order valence-corrected chi connectivity index (χ2v) is 7.85. The Morgan fingerprint density at radius 3 is 1.87 bits per heavy atom. The van der Waals surface area contributed by atoms with E-state index in [0.29, 0.717) is 28.7 Å². The Labute approximate surface area is 177 Å². The van der Waals surface area contributed by atoms with Gasteiger partial charge in [-0.3, -0.25) is 0 Å². The first kappa shape index (κ1) is 22.1. The van der Waals surface area contributed by atoms with Crippen molar-refractivity contribution in [3.05, 3.63) is 82.7 Å². The average Bonchev–Trinajstić information content (AvgIpc) is 2.72. The van der Waals surface area contributed by atoms with Crippen LogP contribution in [0, 0.1) is 17.5 Å². The maximum Gasteiger partial charge on any atom is 0.131 e. The van der Waals surface area contributed by atoms with Crippen LogP contribution in [0.3, 0.4) is 0 Å². The third-order valence-corrected chi connectivity index (χ3v) is 5.45. The van der Waals surface area contributed by atoms with Crippen LogP contribution in [0.15, 0.2) is 48.5 Å². The zero-order valence-electron chi connectivity index (χ0n) is 18.0. The predicted molar refractivity (Wildman–Crippen MR) is 119 cm³/mol. The Balaban J connectivity index is 2.20. The molecule has 0 aliphatic heterocycles. The minimum atomic E-state index is -0.451. The van der Waals surface area contributed by atoms with Crippen LogP contribution in [0.5, 0.6) is 0 Å². The van der Waals surface area contributed by atoms with Crippen molar-refractivity contribution >= 4 is 0 Å². The summed E-state index contributed by atoms with van der Waals surface area (Å²) in [5.41, 5.74) is 4.83. The Kier molecular flexibility index (Phi) is 7.36. The molecule has 0 fully saturated rings. The summed E-state index contributed by atoms with van der Waals surface area (Å²) in [7, 11) is 0. The molecule has 3 heteroatoms. The van der Waals surface area contributed by atoms with Crippen LogP contribution in [0.1, 0.15) is 56.7 Å². The number of aryl methyl sites for hydroxylation is 3. The third kappa shape index (κ3) is 4.77. The van der Waals surface area contributed by atoms with E-state index < -0.39 is 5.82 Å². The molecule has 0 aromatic heterocycles. The molecular formula is C27H29F3. The van der Waals surface area contributed by atoms with Crippen molar-refractivity contribution in [1.29, 1.82) is 0 Å². The van der Waals surface area contributed by atoms with Crippen LogP contribution in [0.2, 0.25) is 0 Å². The van der Waals surface area contributed by atoms with Gasteiger partial charge in [0.2, 0.25) is 0 Å². The van der Waals surface area contributed by atoms with Gasteiger partial charge in [0.05, 0.1) is 0 Å². The smallest absolute Gasteiger partial charge is 0.131 e. The molecule has 0 unspecified atom stereocenters. The van der Waals surface area contributed by atoms with Crippen molar-refractivity contribution in [2.75, 3.05) is 0 Å². The molecule has 0 aliphatic carbocycles. The lowest BCUT2D eigenvalue weighted by Gasteiger charge is -2.17. The lowest BCUT2D eigenvalue weighted by atomic mass is 9.89. The van der Waals surface area contributed by atoms with Crippen LogP contribution in [0.4, 0.5) is 13.2 Å². The number of halogens is 3. The third-order valence-electron chi connectivity index (χ3n) is 5.45. The van der Waals surface area contributed by atoms with E-state index in [4.69, 9.17) is 0 Å². The molecule has 0 atom stereocenters. The molecule has 0 bridgehead atoms. The summed E-state index contributed by atoms with van der Waals surface area (Å²) in [6.07, 6.45) is 4.97. The summed E-state index contributed by atoms with van der Waals surface area (Å²) in [6, 6.07) is 12.9. The van der Waals surface area contributed by atoms with Crippen molar-refractivity contribution in [1.82, 2.24) is 0 Å². The van der Waals surface area contributed by atoms with Gasteiger partial charge in [-0.25, -0.2) is 13.2 Å². The van der Waals surface area contributed by atoms with Crippen LogP contribution >= 0.6 is 0 Å². The number of hydrogen-bond acceptors (Lipinski definition) is 0. The van der Waals surface area contributed by atoms with Crippen molar-refractivity contribution < 1.29 is 13.2 Å². The van der Waals surface area contributed by atoms with E-state index in [9.17, 15) is 8.78 Å². The lowest BCUT2D eigenvalue weighted by Crippen LogP contribution is -1.99. The molecule has 0 saturated heterocycles. The predicted octanol–water partition coefficient (Wildman–Crippen LogP) is 8.30. The van der Waals surface area contributed by atoms with E-state index in [1.807, 2.05) is 19.9 Å². The van der Waals surface area contributed by atoms with E-state index in [0.717, 1.165) is 48.8 Å². The number of benzene rings is 3. The highest BCUT2D eigenvalue weighted by molar-refractivity contribution is 5.76. The largest absolute Gasteiger partial charge is 0.207 e. The summed E-state index contributed by atoms with van der Waals surface area (Å²) in [5.74, 6) is -1.19. The topological polar surface area (TPSA) is 0 Å². The van der Waals surface area contributed by atoms with Gasteiger partial charge in [-0.05, 0) is 83.5 Å². The highest BCUT2D eigenvalue weighted by Crippen LogP contribution is 2.36. The molecule has 0 nitrogen and oxygen atoms in total. The standard InChI is InChI=1S/C27H29F3/c1-4-7-18-10-13-26(29)24(14-18)23-17-27(30)25(15-20(23)9-6-3)22-16-21(28)12-11-19(22)8-5-2/h10-17H,4-9H2,1-3H3. The maximum absolute atomic E-state index is 15.3. The number of rotatable bonds is 8. The highest BCUT2D eigenvalue weighted by Gasteiger charge is 2.18. The molecule has 0 spiro atoms. The molecule has 0 radical (unpaired) electrons. The summed E-state index contributed by atoms with van der Waals surface area (Å²) < 4.78 is 44.0. The highest BCUT2D eigenvalue weighted by atomic mass is 19.1. The monoisotopic (exact) mass is 410 g/mol. The molecule has 0 amide bonds. The molecule has 0 saturated carbocycles. The Morgan fingerprint density at radius 1 is 0.533 bits per heavy atom. The normalized spacial score (nSPS) is 11.1. The van der Waals surface area contributed by atoms with E-state index in [-0.39, 0.29) is 11.6 Å². The Hall–Kier alpha value is -2.55. The molecule has 158 valence electrons. The SMILES string of the molecule is CCCc1ccc(F)c(-c2cc(F)c(-c3cc(F)ccc3CCC)cc2CCC)c1. The molecule has 0 heterocycles.